The third kappa shape index (κ3) is 4.90. The summed E-state index contributed by atoms with van der Waals surface area (Å²) in [4.78, 5) is 26.3. The smallest absolute Gasteiger partial charge is 0.223 e. The first-order valence-electron chi connectivity index (χ1n) is 10.6. The second kappa shape index (κ2) is 9.31. The van der Waals surface area contributed by atoms with Crippen LogP contribution in [0.5, 0.6) is 5.88 Å². The average molecular weight is 469 g/mol. The minimum Gasteiger partial charge on any atom is -0.469 e. The SMILES string of the molecule is CCn1ncc(C(=O)c2cc(C)c(S(C)(=O)=O)c(C)c2C)c1OCC(=O)c1ccc(C)cc1. The van der Waals surface area contributed by atoms with Crippen molar-refractivity contribution in [2.75, 3.05) is 12.9 Å². The number of ether oxygens (including phenoxy) is 1. The highest BCUT2D eigenvalue weighted by Crippen LogP contribution is 2.30. The summed E-state index contributed by atoms with van der Waals surface area (Å²) in [6.07, 6.45) is 2.58. The van der Waals surface area contributed by atoms with Crippen LogP contribution in [0.1, 0.15) is 55.5 Å². The predicted octanol–water partition coefficient (Wildman–Crippen LogP) is 4.03. The van der Waals surface area contributed by atoms with Crippen molar-refractivity contribution < 1.29 is 22.7 Å². The molecule has 3 aromatic rings. The van der Waals surface area contributed by atoms with Gasteiger partial charge in [-0.1, -0.05) is 29.8 Å². The van der Waals surface area contributed by atoms with Crippen molar-refractivity contribution in [3.63, 3.8) is 0 Å². The van der Waals surface area contributed by atoms with Gasteiger partial charge < -0.3 is 4.74 Å². The van der Waals surface area contributed by atoms with E-state index in [4.69, 9.17) is 4.74 Å². The third-order valence-electron chi connectivity index (χ3n) is 5.69. The van der Waals surface area contributed by atoms with Crippen molar-refractivity contribution in [1.82, 2.24) is 9.78 Å². The van der Waals surface area contributed by atoms with Gasteiger partial charge in [-0.2, -0.15) is 5.10 Å². The summed E-state index contributed by atoms with van der Waals surface area (Å²) in [6, 6.07) is 8.77. The van der Waals surface area contributed by atoms with Crippen LogP contribution in [-0.4, -0.2) is 42.6 Å². The highest BCUT2D eigenvalue weighted by Gasteiger charge is 2.26. The molecule has 0 atom stereocenters. The van der Waals surface area contributed by atoms with E-state index in [1.54, 1.807) is 39.0 Å². The molecule has 8 heteroatoms. The average Bonchev–Trinajstić information content (AvgIpc) is 3.16. The van der Waals surface area contributed by atoms with Gasteiger partial charge in [-0.3, -0.25) is 9.59 Å². The van der Waals surface area contributed by atoms with Crippen molar-refractivity contribution in [3.05, 3.63) is 75.5 Å². The van der Waals surface area contributed by atoms with E-state index in [-0.39, 0.29) is 34.5 Å². The number of carbonyl (C=O) groups excluding carboxylic acids is 2. The number of aryl methyl sites for hydroxylation is 3. The quantitative estimate of drug-likeness (QED) is 0.463. The number of sulfone groups is 1. The van der Waals surface area contributed by atoms with Gasteiger partial charge in [-0.25, -0.2) is 13.1 Å². The summed E-state index contributed by atoms with van der Waals surface area (Å²) >= 11 is 0. The molecule has 0 spiro atoms. The summed E-state index contributed by atoms with van der Waals surface area (Å²) in [5.41, 5.74) is 3.80. The number of rotatable bonds is 8. The van der Waals surface area contributed by atoms with Crippen LogP contribution in [0.25, 0.3) is 0 Å². The largest absolute Gasteiger partial charge is 0.469 e. The number of nitrogens with zero attached hydrogens (tertiary/aromatic N) is 2. The van der Waals surface area contributed by atoms with Crippen LogP contribution in [-0.2, 0) is 16.4 Å². The zero-order valence-corrected chi connectivity index (χ0v) is 20.5. The Kier molecular flexibility index (Phi) is 6.88. The fourth-order valence-electron chi connectivity index (χ4n) is 3.87. The molecule has 0 saturated carbocycles. The van der Waals surface area contributed by atoms with Crippen molar-refractivity contribution in [1.29, 1.82) is 0 Å². The Hall–Kier alpha value is -3.26. The van der Waals surface area contributed by atoms with E-state index >= 15 is 0 Å². The lowest BCUT2D eigenvalue weighted by molar-refractivity contribution is 0.0907. The molecule has 0 unspecified atom stereocenters. The van der Waals surface area contributed by atoms with Crippen molar-refractivity contribution >= 4 is 21.4 Å². The van der Waals surface area contributed by atoms with Crippen molar-refractivity contribution in [2.24, 2.45) is 0 Å². The number of carbonyl (C=O) groups is 2. The fourth-order valence-corrected chi connectivity index (χ4v) is 5.23. The maximum atomic E-state index is 13.5. The van der Waals surface area contributed by atoms with Crippen LogP contribution in [0.3, 0.4) is 0 Å². The van der Waals surface area contributed by atoms with Crippen LogP contribution in [0, 0.1) is 27.7 Å². The van der Waals surface area contributed by atoms with Gasteiger partial charge in [0.15, 0.2) is 28.0 Å². The summed E-state index contributed by atoms with van der Waals surface area (Å²) in [7, 11) is -3.44. The van der Waals surface area contributed by atoms with E-state index < -0.39 is 9.84 Å². The molecule has 1 aromatic heterocycles. The summed E-state index contributed by atoms with van der Waals surface area (Å²) in [5, 5.41) is 4.24. The maximum absolute atomic E-state index is 13.5. The fraction of sp³-hybridized carbons (Fsp3) is 0.320. The third-order valence-corrected chi connectivity index (χ3v) is 7.06. The Bertz CT molecular complexity index is 1340. The number of hydrogen-bond acceptors (Lipinski definition) is 6. The minimum atomic E-state index is -3.44. The zero-order valence-electron chi connectivity index (χ0n) is 19.7. The molecule has 0 amide bonds. The Balaban J connectivity index is 1.96. The molecule has 1 heterocycles. The van der Waals surface area contributed by atoms with Gasteiger partial charge in [0.05, 0.1) is 11.1 Å². The highest BCUT2D eigenvalue weighted by atomic mass is 32.2. The summed E-state index contributed by atoms with van der Waals surface area (Å²) in [5.74, 6) is -0.335. The van der Waals surface area contributed by atoms with Crippen LogP contribution in [0.2, 0.25) is 0 Å². The molecule has 0 aliphatic carbocycles. The lowest BCUT2D eigenvalue weighted by Crippen LogP contribution is -2.16. The molecular weight excluding hydrogens is 440 g/mol. The van der Waals surface area contributed by atoms with Gasteiger partial charge in [-0.05, 0) is 57.4 Å². The van der Waals surface area contributed by atoms with E-state index in [1.165, 1.54) is 10.9 Å². The number of aromatic nitrogens is 2. The number of ketones is 2. The van der Waals surface area contributed by atoms with Gasteiger partial charge in [0.1, 0.15) is 5.56 Å². The van der Waals surface area contributed by atoms with Gasteiger partial charge in [-0.15, -0.1) is 0 Å². The number of hydrogen-bond donors (Lipinski definition) is 0. The molecule has 7 nitrogen and oxygen atoms in total. The topological polar surface area (TPSA) is 95.3 Å². The van der Waals surface area contributed by atoms with Gasteiger partial charge in [0.25, 0.3) is 0 Å². The van der Waals surface area contributed by atoms with E-state index in [1.807, 2.05) is 26.0 Å². The first kappa shape index (κ1) is 24.4. The molecule has 0 saturated heterocycles. The molecule has 0 fully saturated rings. The molecule has 0 aliphatic heterocycles. The lowest BCUT2D eigenvalue weighted by Gasteiger charge is -2.15. The van der Waals surface area contributed by atoms with Gasteiger partial charge in [0, 0.05) is 23.9 Å². The first-order valence-corrected chi connectivity index (χ1v) is 12.5. The molecule has 0 N–H and O–H groups in total. The molecule has 0 radical (unpaired) electrons. The van der Waals surface area contributed by atoms with E-state index in [9.17, 15) is 18.0 Å². The van der Waals surface area contributed by atoms with Crippen LogP contribution < -0.4 is 4.74 Å². The highest BCUT2D eigenvalue weighted by molar-refractivity contribution is 7.90. The van der Waals surface area contributed by atoms with Crippen molar-refractivity contribution in [3.8, 4) is 5.88 Å². The summed E-state index contributed by atoms with van der Waals surface area (Å²) in [6.45, 7) is 9.11. The Morgan fingerprint density at radius 3 is 2.21 bits per heavy atom. The standard InChI is InChI=1S/C25H28N2O5S/c1-7-27-25(32-14-22(28)19-10-8-15(2)9-11-19)21(13-26-27)23(29)20-12-16(3)24(33(6,30)31)18(5)17(20)4/h8-13H,7,14H2,1-6H3. The lowest BCUT2D eigenvalue weighted by atomic mass is 9.95. The number of benzene rings is 2. The Morgan fingerprint density at radius 2 is 1.64 bits per heavy atom. The molecule has 2 aromatic carbocycles. The predicted molar refractivity (Wildman–Crippen MR) is 126 cm³/mol. The second-order valence-corrected chi connectivity index (χ2v) is 10.1. The molecule has 33 heavy (non-hydrogen) atoms. The first-order chi connectivity index (χ1) is 15.5. The normalized spacial score (nSPS) is 11.5. The Morgan fingerprint density at radius 1 is 1.00 bits per heavy atom. The molecule has 3 rings (SSSR count). The molecular formula is C25H28N2O5S. The zero-order chi connectivity index (χ0) is 24.5. The van der Waals surface area contributed by atoms with Crippen LogP contribution in [0.15, 0.2) is 41.4 Å². The molecule has 0 bridgehead atoms. The van der Waals surface area contributed by atoms with E-state index in [0.29, 0.717) is 34.4 Å². The van der Waals surface area contributed by atoms with Crippen LogP contribution >= 0.6 is 0 Å². The monoisotopic (exact) mass is 468 g/mol. The maximum Gasteiger partial charge on any atom is 0.223 e. The van der Waals surface area contributed by atoms with E-state index in [0.717, 1.165) is 11.8 Å². The van der Waals surface area contributed by atoms with Crippen LogP contribution in [0.4, 0.5) is 0 Å². The number of Topliss-reactive ketones (excluding diaryl/α,β-unsaturated/α-hetero) is 1. The van der Waals surface area contributed by atoms with E-state index in [2.05, 4.69) is 5.10 Å². The van der Waals surface area contributed by atoms with Crippen molar-refractivity contribution in [2.45, 2.75) is 46.1 Å². The van der Waals surface area contributed by atoms with Gasteiger partial charge in [0.2, 0.25) is 5.88 Å². The van der Waals surface area contributed by atoms with Gasteiger partial charge >= 0.3 is 0 Å². The minimum absolute atomic E-state index is 0.211. The molecule has 0 aliphatic rings. The Labute approximate surface area is 194 Å². The second-order valence-electron chi connectivity index (χ2n) is 8.18. The summed E-state index contributed by atoms with van der Waals surface area (Å²) < 4.78 is 31.7. The molecule has 174 valence electrons.